The van der Waals surface area contributed by atoms with E-state index in [2.05, 4.69) is 28.4 Å². The highest BCUT2D eigenvalue weighted by atomic mass is 16.5. The highest BCUT2D eigenvalue weighted by molar-refractivity contribution is 5.84. The molecule has 1 atom stereocenters. The van der Waals surface area contributed by atoms with E-state index in [0.29, 0.717) is 19.7 Å². The third kappa shape index (κ3) is 4.31. The van der Waals surface area contributed by atoms with Crippen molar-refractivity contribution in [2.24, 2.45) is 0 Å². The molecular weight excluding hydrogens is 314 g/mol. The summed E-state index contributed by atoms with van der Waals surface area (Å²) in [7, 11) is 2.03. The predicted molar refractivity (Wildman–Crippen MR) is 101 cm³/mol. The molecule has 2 aromatic carbocycles. The van der Waals surface area contributed by atoms with Gasteiger partial charge in [0.2, 0.25) is 5.91 Å². The van der Waals surface area contributed by atoms with Crippen LogP contribution in [-0.4, -0.2) is 50.2 Å². The number of hydrogen-bond acceptors (Lipinski definition) is 4. The molecule has 0 saturated carbocycles. The molecule has 5 nitrogen and oxygen atoms in total. The summed E-state index contributed by atoms with van der Waals surface area (Å²) >= 11 is 0. The Labute approximate surface area is 149 Å². The zero-order valence-corrected chi connectivity index (χ0v) is 14.8. The molecule has 0 radical (unpaired) electrons. The lowest BCUT2D eigenvalue weighted by Gasteiger charge is -2.31. The van der Waals surface area contributed by atoms with Crippen molar-refractivity contribution in [2.45, 2.75) is 13.0 Å². The first kappa shape index (κ1) is 17.3. The number of ether oxygens (including phenoxy) is 1. The molecule has 0 aromatic heterocycles. The summed E-state index contributed by atoms with van der Waals surface area (Å²) in [4.78, 5) is 16.4. The van der Waals surface area contributed by atoms with Crippen molar-refractivity contribution in [2.75, 3.05) is 43.5 Å². The van der Waals surface area contributed by atoms with E-state index in [9.17, 15) is 4.79 Å². The predicted octanol–water partition coefficient (Wildman–Crippen LogP) is 3.11. The van der Waals surface area contributed by atoms with Crippen LogP contribution in [0.2, 0.25) is 0 Å². The molecule has 1 aliphatic rings. The maximum Gasteiger partial charge on any atom is 0.242 e. The zero-order valence-electron chi connectivity index (χ0n) is 14.8. The summed E-state index contributed by atoms with van der Waals surface area (Å²) < 4.78 is 5.50. The molecule has 25 heavy (non-hydrogen) atoms. The van der Waals surface area contributed by atoms with E-state index < -0.39 is 0 Å². The van der Waals surface area contributed by atoms with Crippen molar-refractivity contribution in [3.8, 4) is 0 Å². The van der Waals surface area contributed by atoms with Crippen molar-refractivity contribution in [3.05, 3.63) is 54.6 Å². The highest BCUT2D eigenvalue weighted by Crippen LogP contribution is 2.30. The molecule has 0 aliphatic carbocycles. The quantitative estimate of drug-likeness (QED) is 0.909. The summed E-state index contributed by atoms with van der Waals surface area (Å²) in [5, 5.41) is 3.30. The third-order valence-electron chi connectivity index (χ3n) is 4.43. The Bertz CT molecular complexity index is 705. The lowest BCUT2D eigenvalue weighted by molar-refractivity contribution is -0.136. The van der Waals surface area contributed by atoms with Crippen LogP contribution in [0.3, 0.4) is 0 Å². The monoisotopic (exact) mass is 339 g/mol. The van der Waals surface area contributed by atoms with Crippen molar-refractivity contribution in [3.63, 3.8) is 0 Å². The van der Waals surface area contributed by atoms with Crippen LogP contribution in [0.4, 0.5) is 17.1 Å². The number of carbonyl (C=O) groups excluding carboxylic acids is 1. The Morgan fingerprint density at radius 2 is 1.92 bits per heavy atom. The second kappa shape index (κ2) is 8.03. The summed E-state index contributed by atoms with van der Waals surface area (Å²) in [5.74, 6) is 0.104. The van der Waals surface area contributed by atoms with Gasteiger partial charge in [-0.05, 0) is 31.2 Å². The van der Waals surface area contributed by atoms with Gasteiger partial charge in [-0.2, -0.15) is 0 Å². The third-order valence-corrected chi connectivity index (χ3v) is 4.43. The van der Waals surface area contributed by atoms with E-state index >= 15 is 0 Å². The molecule has 2 aromatic rings. The number of rotatable bonds is 5. The molecule has 0 spiro atoms. The molecule has 1 aliphatic heterocycles. The average molecular weight is 339 g/mol. The van der Waals surface area contributed by atoms with Crippen LogP contribution in [0.25, 0.3) is 0 Å². The summed E-state index contributed by atoms with van der Waals surface area (Å²) in [5.41, 5.74) is 3.09. The van der Waals surface area contributed by atoms with Crippen LogP contribution in [0, 0.1) is 0 Å². The van der Waals surface area contributed by atoms with Crippen molar-refractivity contribution < 1.29 is 9.53 Å². The molecule has 1 saturated heterocycles. The maximum absolute atomic E-state index is 12.5. The lowest BCUT2D eigenvalue weighted by atomic mass is 10.2. The van der Waals surface area contributed by atoms with Crippen LogP contribution in [-0.2, 0) is 9.53 Å². The molecule has 5 heteroatoms. The van der Waals surface area contributed by atoms with Gasteiger partial charge in [0, 0.05) is 25.8 Å². The van der Waals surface area contributed by atoms with Crippen LogP contribution in [0.15, 0.2) is 54.6 Å². The maximum atomic E-state index is 12.5. The number of morpholine rings is 1. The van der Waals surface area contributed by atoms with Gasteiger partial charge in [0.05, 0.1) is 30.6 Å². The van der Waals surface area contributed by atoms with Crippen LogP contribution in [0.5, 0.6) is 0 Å². The molecule has 132 valence electrons. The van der Waals surface area contributed by atoms with Crippen LogP contribution >= 0.6 is 0 Å². The number of carbonyl (C=O) groups is 1. The Hall–Kier alpha value is -2.53. The molecule has 0 bridgehead atoms. The van der Waals surface area contributed by atoms with E-state index in [0.717, 1.165) is 17.1 Å². The van der Waals surface area contributed by atoms with Gasteiger partial charge in [-0.15, -0.1) is 0 Å². The van der Waals surface area contributed by atoms with Crippen molar-refractivity contribution in [1.29, 1.82) is 0 Å². The number of nitrogens with one attached hydrogen (secondary N) is 1. The fraction of sp³-hybridized carbons (Fsp3) is 0.350. The van der Waals surface area contributed by atoms with Gasteiger partial charge in [-0.25, -0.2) is 0 Å². The smallest absolute Gasteiger partial charge is 0.242 e. The number of nitrogens with zero attached hydrogens (tertiary/aromatic N) is 2. The fourth-order valence-electron chi connectivity index (χ4n) is 3.03. The molecule has 0 unspecified atom stereocenters. The second-order valence-electron chi connectivity index (χ2n) is 6.29. The van der Waals surface area contributed by atoms with E-state index in [1.807, 2.05) is 55.3 Å². The zero-order chi connectivity index (χ0) is 17.6. The largest absolute Gasteiger partial charge is 0.375 e. The molecule has 3 rings (SSSR count). The Morgan fingerprint density at radius 1 is 1.20 bits per heavy atom. The molecule has 1 amide bonds. The SMILES string of the molecule is C[C@H]1CN(C(=O)CNc2ccccc2N(C)c2ccccc2)CCO1. The summed E-state index contributed by atoms with van der Waals surface area (Å²) in [6.07, 6.45) is 0.106. The highest BCUT2D eigenvalue weighted by Gasteiger charge is 2.21. The second-order valence-corrected chi connectivity index (χ2v) is 6.29. The first-order valence-corrected chi connectivity index (χ1v) is 8.66. The number of para-hydroxylation sites is 3. The van der Waals surface area contributed by atoms with Crippen molar-refractivity contribution >= 4 is 23.0 Å². The van der Waals surface area contributed by atoms with E-state index in [1.54, 1.807) is 0 Å². The first-order chi connectivity index (χ1) is 12.1. The number of hydrogen-bond donors (Lipinski definition) is 1. The Kier molecular flexibility index (Phi) is 5.56. The van der Waals surface area contributed by atoms with Gasteiger partial charge >= 0.3 is 0 Å². The number of benzene rings is 2. The van der Waals surface area contributed by atoms with Crippen LogP contribution < -0.4 is 10.2 Å². The van der Waals surface area contributed by atoms with Gasteiger partial charge in [-0.3, -0.25) is 4.79 Å². The molecule has 1 fully saturated rings. The van der Waals surface area contributed by atoms with Crippen molar-refractivity contribution in [1.82, 2.24) is 4.90 Å². The minimum atomic E-state index is 0.104. The molecule has 1 N–H and O–H groups in total. The van der Waals surface area contributed by atoms with Gasteiger partial charge in [0.1, 0.15) is 0 Å². The Balaban J connectivity index is 1.68. The number of anilines is 3. The minimum absolute atomic E-state index is 0.104. The average Bonchev–Trinajstić information content (AvgIpc) is 2.66. The first-order valence-electron chi connectivity index (χ1n) is 8.66. The van der Waals surface area contributed by atoms with Gasteiger partial charge in [-0.1, -0.05) is 30.3 Å². The van der Waals surface area contributed by atoms with E-state index in [4.69, 9.17) is 4.74 Å². The van der Waals surface area contributed by atoms with E-state index in [1.165, 1.54) is 0 Å². The molecule has 1 heterocycles. The summed E-state index contributed by atoms with van der Waals surface area (Å²) in [6, 6.07) is 18.2. The minimum Gasteiger partial charge on any atom is -0.375 e. The normalized spacial score (nSPS) is 17.2. The Morgan fingerprint density at radius 3 is 2.68 bits per heavy atom. The standard InChI is InChI=1S/C20H25N3O2/c1-16-15-23(12-13-25-16)20(24)14-21-18-10-6-7-11-19(18)22(2)17-8-4-3-5-9-17/h3-11,16,21H,12-15H2,1-2H3/t16-/m0/s1. The fourth-order valence-corrected chi connectivity index (χ4v) is 3.03. The summed E-state index contributed by atoms with van der Waals surface area (Å²) in [6.45, 7) is 4.21. The lowest BCUT2D eigenvalue weighted by Crippen LogP contribution is -2.46. The van der Waals surface area contributed by atoms with Gasteiger partial charge in [0.25, 0.3) is 0 Å². The molecular formula is C20H25N3O2. The number of amides is 1. The van der Waals surface area contributed by atoms with Gasteiger partial charge in [0.15, 0.2) is 0 Å². The topological polar surface area (TPSA) is 44.8 Å². The van der Waals surface area contributed by atoms with Gasteiger partial charge < -0.3 is 19.9 Å². The van der Waals surface area contributed by atoms with Crippen LogP contribution in [0.1, 0.15) is 6.92 Å². The van der Waals surface area contributed by atoms with E-state index in [-0.39, 0.29) is 18.6 Å².